The number of amides is 1. The van der Waals surface area contributed by atoms with Crippen molar-refractivity contribution >= 4 is 21.4 Å². The zero-order valence-electron chi connectivity index (χ0n) is 20.1. The second kappa shape index (κ2) is 10.4. The van der Waals surface area contributed by atoms with E-state index in [2.05, 4.69) is 5.32 Å². The smallest absolute Gasteiger partial charge is 0.250 e. The van der Waals surface area contributed by atoms with E-state index in [9.17, 15) is 13.2 Å². The number of hydrogen-bond donors (Lipinski definition) is 1. The minimum atomic E-state index is -3.27. The van der Waals surface area contributed by atoms with E-state index in [4.69, 9.17) is 9.47 Å². The van der Waals surface area contributed by atoms with Crippen LogP contribution in [0.2, 0.25) is 0 Å². The van der Waals surface area contributed by atoms with Crippen molar-refractivity contribution in [2.24, 2.45) is 0 Å². The van der Waals surface area contributed by atoms with E-state index in [1.165, 1.54) is 0 Å². The number of methoxy groups -OCH3 is 2. The summed E-state index contributed by atoms with van der Waals surface area (Å²) < 4.78 is 35.8. The predicted molar refractivity (Wildman–Crippen MR) is 137 cm³/mol. The zero-order valence-corrected chi connectivity index (χ0v) is 20.9. The van der Waals surface area contributed by atoms with Crippen LogP contribution < -0.4 is 14.8 Å². The first-order valence-electron chi connectivity index (χ1n) is 11.4. The van der Waals surface area contributed by atoms with Crippen LogP contribution in [0.3, 0.4) is 0 Å². The van der Waals surface area contributed by atoms with Crippen LogP contribution in [0, 0.1) is 6.92 Å². The van der Waals surface area contributed by atoms with E-state index < -0.39 is 21.9 Å². The lowest BCUT2D eigenvalue weighted by atomic mass is 10.0. The lowest BCUT2D eigenvalue weighted by Gasteiger charge is -2.38. The van der Waals surface area contributed by atoms with Gasteiger partial charge in [0.25, 0.3) is 0 Å². The Balaban J connectivity index is 1.74. The summed E-state index contributed by atoms with van der Waals surface area (Å²) in [5, 5.41) is 3.35. The highest BCUT2D eigenvalue weighted by Gasteiger charge is 2.38. The summed E-state index contributed by atoms with van der Waals surface area (Å²) in [6.07, 6.45) is 0. The molecule has 0 radical (unpaired) electrons. The minimum Gasteiger partial charge on any atom is -0.497 e. The molecule has 1 saturated heterocycles. The number of carbonyl (C=O) groups excluding carboxylic acids is 1. The second-order valence-electron chi connectivity index (χ2n) is 8.66. The van der Waals surface area contributed by atoms with Crippen LogP contribution in [0.4, 0.5) is 5.69 Å². The maximum Gasteiger partial charge on any atom is 0.250 e. The summed E-state index contributed by atoms with van der Waals surface area (Å²) in [4.78, 5) is 15.8. The first-order chi connectivity index (χ1) is 16.8. The van der Waals surface area contributed by atoms with Crippen LogP contribution >= 0.6 is 0 Å². The fourth-order valence-corrected chi connectivity index (χ4v) is 5.79. The molecule has 1 aliphatic heterocycles. The number of rotatable bonds is 7. The van der Waals surface area contributed by atoms with Crippen molar-refractivity contribution in [2.45, 2.75) is 19.0 Å². The van der Waals surface area contributed by atoms with Gasteiger partial charge in [-0.25, -0.2) is 8.42 Å². The number of ether oxygens (including phenoxy) is 2. The Morgan fingerprint density at radius 1 is 0.971 bits per heavy atom. The van der Waals surface area contributed by atoms with Crippen molar-refractivity contribution in [1.82, 2.24) is 4.90 Å². The van der Waals surface area contributed by atoms with Gasteiger partial charge in [-0.3, -0.25) is 4.79 Å². The molecule has 0 saturated carbocycles. The standard InChI is InChI=1S/C27H30N2O5S/c1-19-9-11-21(12-10-19)26(28-22-15-23(33-2)17-24(16-22)34-3)27(30)29-13-14-35(31,32)18-25(29)20-7-5-4-6-8-20/h4-12,15-17,25-26,28H,13-14,18H2,1-3H3. The van der Waals surface area contributed by atoms with E-state index in [-0.39, 0.29) is 24.0 Å². The van der Waals surface area contributed by atoms with Gasteiger partial charge < -0.3 is 19.7 Å². The number of carbonyl (C=O) groups is 1. The highest BCUT2D eigenvalue weighted by molar-refractivity contribution is 7.91. The minimum absolute atomic E-state index is 0.0598. The lowest BCUT2D eigenvalue weighted by molar-refractivity contribution is -0.134. The van der Waals surface area contributed by atoms with Gasteiger partial charge in [0.05, 0.1) is 31.8 Å². The van der Waals surface area contributed by atoms with Crippen LogP contribution in [0.25, 0.3) is 0 Å². The van der Waals surface area contributed by atoms with Gasteiger partial charge in [0.1, 0.15) is 17.5 Å². The van der Waals surface area contributed by atoms with Gasteiger partial charge in [0.15, 0.2) is 9.84 Å². The number of nitrogens with zero attached hydrogens (tertiary/aromatic N) is 1. The lowest BCUT2D eigenvalue weighted by Crippen LogP contribution is -2.48. The van der Waals surface area contributed by atoms with Crippen molar-refractivity contribution in [1.29, 1.82) is 0 Å². The highest BCUT2D eigenvalue weighted by Crippen LogP contribution is 2.33. The molecule has 2 atom stereocenters. The Bertz CT molecular complexity index is 1250. The third kappa shape index (κ3) is 5.77. The van der Waals surface area contributed by atoms with Crippen LogP contribution in [0.5, 0.6) is 11.5 Å². The summed E-state index contributed by atoms with van der Waals surface area (Å²) in [6, 6.07) is 21.1. The molecular formula is C27H30N2O5S. The van der Waals surface area contributed by atoms with Crippen molar-refractivity contribution in [3.8, 4) is 11.5 Å². The number of hydrogen-bond acceptors (Lipinski definition) is 6. The monoisotopic (exact) mass is 494 g/mol. The number of aryl methyl sites for hydroxylation is 1. The zero-order chi connectivity index (χ0) is 25.0. The normalized spacial score (nSPS) is 17.9. The van der Waals surface area contributed by atoms with E-state index in [1.807, 2.05) is 61.5 Å². The molecule has 1 fully saturated rings. The van der Waals surface area contributed by atoms with Gasteiger partial charge in [-0.2, -0.15) is 0 Å². The Morgan fingerprint density at radius 3 is 2.20 bits per heavy atom. The van der Waals surface area contributed by atoms with Gasteiger partial charge >= 0.3 is 0 Å². The van der Waals surface area contributed by atoms with Crippen LogP contribution in [0.1, 0.15) is 28.8 Å². The Labute approximate surface area is 206 Å². The molecule has 35 heavy (non-hydrogen) atoms. The van der Waals surface area contributed by atoms with E-state index in [1.54, 1.807) is 37.3 Å². The Kier molecular flexibility index (Phi) is 7.31. The Morgan fingerprint density at radius 2 is 1.60 bits per heavy atom. The molecule has 1 aliphatic rings. The summed E-state index contributed by atoms with van der Waals surface area (Å²) in [6.45, 7) is 2.12. The van der Waals surface area contributed by atoms with Crippen molar-refractivity contribution in [3.05, 3.63) is 89.5 Å². The molecule has 0 spiro atoms. The summed E-state index contributed by atoms with van der Waals surface area (Å²) in [7, 11) is -0.128. The number of sulfone groups is 1. The van der Waals surface area contributed by atoms with Crippen molar-refractivity contribution < 1.29 is 22.7 Å². The molecular weight excluding hydrogens is 464 g/mol. The van der Waals surface area contributed by atoms with Gasteiger partial charge in [-0.1, -0.05) is 60.2 Å². The third-order valence-corrected chi connectivity index (χ3v) is 7.85. The number of benzene rings is 3. The largest absolute Gasteiger partial charge is 0.497 e. The average Bonchev–Trinajstić information content (AvgIpc) is 2.87. The van der Waals surface area contributed by atoms with Crippen LogP contribution in [-0.2, 0) is 14.6 Å². The molecule has 0 aliphatic carbocycles. The van der Waals surface area contributed by atoms with E-state index in [0.29, 0.717) is 17.2 Å². The van der Waals surface area contributed by atoms with Crippen molar-refractivity contribution in [2.75, 3.05) is 37.6 Å². The number of nitrogens with one attached hydrogen (secondary N) is 1. The second-order valence-corrected chi connectivity index (χ2v) is 10.9. The fraction of sp³-hybridized carbons (Fsp3) is 0.296. The quantitative estimate of drug-likeness (QED) is 0.531. The fourth-order valence-electron chi connectivity index (χ4n) is 4.29. The SMILES string of the molecule is COc1cc(NC(C(=O)N2CCS(=O)(=O)CC2c2ccccc2)c2ccc(C)cc2)cc(OC)c1. The van der Waals surface area contributed by atoms with E-state index >= 15 is 0 Å². The molecule has 8 heteroatoms. The first-order valence-corrected chi connectivity index (χ1v) is 13.2. The molecule has 3 aromatic rings. The maximum atomic E-state index is 14.1. The van der Waals surface area contributed by atoms with Crippen LogP contribution in [0.15, 0.2) is 72.8 Å². The van der Waals surface area contributed by atoms with Gasteiger partial charge in [-0.05, 0) is 18.1 Å². The van der Waals surface area contributed by atoms with Crippen LogP contribution in [-0.4, -0.2) is 51.5 Å². The summed E-state index contributed by atoms with van der Waals surface area (Å²) in [5.41, 5.74) is 3.31. The third-order valence-electron chi connectivity index (χ3n) is 6.22. The molecule has 7 nitrogen and oxygen atoms in total. The van der Waals surface area contributed by atoms with Gasteiger partial charge in [-0.15, -0.1) is 0 Å². The Hall–Kier alpha value is -3.52. The van der Waals surface area contributed by atoms with E-state index in [0.717, 1.165) is 16.7 Å². The molecule has 1 amide bonds. The predicted octanol–water partition coefficient (Wildman–Crippen LogP) is 4.16. The summed E-state index contributed by atoms with van der Waals surface area (Å²) >= 11 is 0. The molecule has 4 rings (SSSR count). The number of anilines is 1. The molecule has 1 heterocycles. The molecule has 2 unspecified atom stereocenters. The molecule has 0 aromatic heterocycles. The van der Waals surface area contributed by atoms with Crippen molar-refractivity contribution in [3.63, 3.8) is 0 Å². The van der Waals surface area contributed by atoms with Gasteiger partial charge in [0, 0.05) is 30.4 Å². The molecule has 0 bridgehead atoms. The maximum absolute atomic E-state index is 14.1. The molecule has 3 aromatic carbocycles. The highest BCUT2D eigenvalue weighted by atomic mass is 32.2. The topological polar surface area (TPSA) is 84.9 Å². The van der Waals surface area contributed by atoms with Gasteiger partial charge in [0.2, 0.25) is 5.91 Å². The first kappa shape index (κ1) is 24.6. The molecule has 1 N–H and O–H groups in total. The average molecular weight is 495 g/mol. The summed E-state index contributed by atoms with van der Waals surface area (Å²) in [5.74, 6) is 0.826. The molecule has 184 valence electrons.